The number of hydrogen-bond acceptors (Lipinski definition) is 4. The molecule has 20 heavy (non-hydrogen) atoms. The molecular formula is C16H27N3S. The average molecular weight is 293 g/mol. The van der Waals surface area contributed by atoms with Gasteiger partial charge in [0.25, 0.3) is 0 Å². The minimum atomic E-state index is 0.0678. The Morgan fingerprint density at radius 3 is 2.90 bits per heavy atom. The zero-order chi connectivity index (χ0) is 14.2. The molecule has 1 aromatic heterocycles. The maximum Gasteiger partial charge on any atom is 0.112 e. The van der Waals surface area contributed by atoms with E-state index in [0.29, 0.717) is 6.04 Å². The Hall–Kier alpha value is -0.450. The molecule has 2 saturated heterocycles. The molecule has 112 valence electrons. The fourth-order valence-electron chi connectivity index (χ4n) is 3.94. The lowest BCUT2D eigenvalue weighted by Gasteiger charge is -2.53. The Labute approximate surface area is 127 Å². The van der Waals surface area contributed by atoms with Gasteiger partial charge in [0.2, 0.25) is 0 Å². The van der Waals surface area contributed by atoms with E-state index in [1.165, 1.54) is 50.3 Å². The van der Waals surface area contributed by atoms with Crippen molar-refractivity contribution in [2.75, 3.05) is 19.6 Å². The van der Waals surface area contributed by atoms with E-state index in [9.17, 15) is 0 Å². The van der Waals surface area contributed by atoms with E-state index in [0.717, 1.165) is 6.04 Å². The molecule has 0 aromatic carbocycles. The molecular weight excluding hydrogens is 266 g/mol. The van der Waals surface area contributed by atoms with Gasteiger partial charge in [-0.3, -0.25) is 9.80 Å². The average Bonchev–Trinajstić information content (AvgIpc) is 3.00. The van der Waals surface area contributed by atoms with Crippen LogP contribution in [0.25, 0.3) is 0 Å². The molecule has 4 heteroatoms. The molecule has 3 nitrogen and oxygen atoms in total. The van der Waals surface area contributed by atoms with Gasteiger partial charge < -0.3 is 0 Å². The number of nitrogens with zero attached hydrogens (tertiary/aromatic N) is 3. The van der Waals surface area contributed by atoms with Crippen molar-refractivity contribution in [2.24, 2.45) is 0 Å². The molecule has 2 aliphatic rings. The molecule has 2 unspecified atom stereocenters. The van der Waals surface area contributed by atoms with Crippen molar-refractivity contribution in [3.05, 3.63) is 16.6 Å². The first-order valence-corrected chi connectivity index (χ1v) is 8.91. The van der Waals surface area contributed by atoms with Gasteiger partial charge in [0.05, 0.1) is 5.54 Å². The lowest BCUT2D eigenvalue weighted by atomic mass is 9.91. The summed E-state index contributed by atoms with van der Waals surface area (Å²) in [6.07, 6.45) is 7.35. The van der Waals surface area contributed by atoms with E-state index in [2.05, 4.69) is 40.9 Å². The molecule has 2 atom stereocenters. The van der Waals surface area contributed by atoms with Crippen molar-refractivity contribution < 1.29 is 0 Å². The number of thiazole rings is 1. The van der Waals surface area contributed by atoms with Crippen molar-refractivity contribution >= 4 is 11.3 Å². The van der Waals surface area contributed by atoms with E-state index in [-0.39, 0.29) is 5.54 Å². The minimum absolute atomic E-state index is 0.0678. The molecule has 3 rings (SSSR count). The van der Waals surface area contributed by atoms with Crippen LogP contribution in [0.4, 0.5) is 0 Å². The smallest absolute Gasteiger partial charge is 0.112 e. The summed E-state index contributed by atoms with van der Waals surface area (Å²) in [5.41, 5.74) is 0.0678. The summed E-state index contributed by atoms with van der Waals surface area (Å²) in [5, 5.41) is 3.37. The number of fused-ring (bicyclic) bond motifs is 1. The van der Waals surface area contributed by atoms with Crippen LogP contribution in [-0.2, 0) is 5.54 Å². The van der Waals surface area contributed by atoms with Crippen molar-refractivity contribution in [3.63, 3.8) is 0 Å². The van der Waals surface area contributed by atoms with Gasteiger partial charge in [-0.25, -0.2) is 4.98 Å². The van der Waals surface area contributed by atoms with Crippen LogP contribution in [0.2, 0.25) is 0 Å². The topological polar surface area (TPSA) is 19.4 Å². The zero-order valence-corrected chi connectivity index (χ0v) is 13.8. The van der Waals surface area contributed by atoms with E-state index >= 15 is 0 Å². The van der Waals surface area contributed by atoms with Crippen molar-refractivity contribution in [1.82, 2.24) is 14.8 Å². The Morgan fingerprint density at radius 1 is 1.35 bits per heavy atom. The predicted octanol–water partition coefficient (Wildman–Crippen LogP) is 3.33. The fourth-order valence-corrected chi connectivity index (χ4v) is 4.71. The largest absolute Gasteiger partial charge is 0.298 e. The number of rotatable bonds is 3. The molecule has 0 N–H and O–H groups in total. The highest BCUT2D eigenvalue weighted by atomic mass is 32.1. The molecule has 0 amide bonds. The summed E-state index contributed by atoms with van der Waals surface area (Å²) in [6.45, 7) is 10.8. The highest BCUT2D eigenvalue weighted by Gasteiger charge is 2.42. The maximum atomic E-state index is 4.60. The zero-order valence-electron chi connectivity index (χ0n) is 13.0. The lowest BCUT2D eigenvalue weighted by molar-refractivity contribution is -0.0452. The van der Waals surface area contributed by atoms with E-state index < -0.39 is 0 Å². The normalized spacial score (nSPS) is 29.4. The third kappa shape index (κ3) is 2.53. The molecule has 0 saturated carbocycles. The summed E-state index contributed by atoms with van der Waals surface area (Å²) < 4.78 is 0. The summed E-state index contributed by atoms with van der Waals surface area (Å²) in [4.78, 5) is 10.1. The first kappa shape index (κ1) is 14.5. The van der Waals surface area contributed by atoms with Crippen LogP contribution in [0.15, 0.2) is 11.6 Å². The lowest BCUT2D eigenvalue weighted by Crippen LogP contribution is -2.63. The third-order valence-electron chi connectivity index (χ3n) is 5.19. The van der Waals surface area contributed by atoms with Crippen molar-refractivity contribution in [1.29, 1.82) is 0 Å². The van der Waals surface area contributed by atoms with Crippen LogP contribution < -0.4 is 0 Å². The van der Waals surface area contributed by atoms with Crippen LogP contribution >= 0.6 is 11.3 Å². The second-order valence-electron chi connectivity index (χ2n) is 6.76. The Bertz CT molecular complexity index is 429. The highest BCUT2D eigenvalue weighted by Crippen LogP contribution is 2.36. The van der Waals surface area contributed by atoms with Crippen LogP contribution in [0.3, 0.4) is 0 Å². The van der Waals surface area contributed by atoms with E-state index in [1.54, 1.807) is 11.3 Å². The van der Waals surface area contributed by atoms with Gasteiger partial charge >= 0.3 is 0 Å². The Balaban J connectivity index is 1.83. The van der Waals surface area contributed by atoms with Crippen LogP contribution in [0.5, 0.6) is 0 Å². The van der Waals surface area contributed by atoms with Crippen LogP contribution in [-0.4, -0.2) is 46.5 Å². The van der Waals surface area contributed by atoms with Gasteiger partial charge in [-0.15, -0.1) is 11.3 Å². The van der Waals surface area contributed by atoms with E-state index in [4.69, 9.17) is 0 Å². The number of piperazine rings is 1. The van der Waals surface area contributed by atoms with E-state index in [1.807, 2.05) is 6.20 Å². The standard InChI is InChI=1S/C16H27N3S/c1-4-13-11-18-9-6-5-7-14(18)12-19(13)16(2,3)15-17-8-10-20-15/h8,10,13-14H,4-7,9,11-12H2,1-3H3. The van der Waals surface area contributed by atoms with Gasteiger partial charge in [-0.2, -0.15) is 0 Å². The second kappa shape index (κ2) is 5.74. The molecule has 0 spiro atoms. The fraction of sp³-hybridized carbons (Fsp3) is 0.812. The highest BCUT2D eigenvalue weighted by molar-refractivity contribution is 7.09. The first-order valence-electron chi connectivity index (χ1n) is 8.03. The predicted molar refractivity (Wildman–Crippen MR) is 85.1 cm³/mol. The monoisotopic (exact) mass is 293 g/mol. The van der Waals surface area contributed by atoms with Crippen LogP contribution in [0.1, 0.15) is 51.5 Å². The summed E-state index contributed by atoms with van der Waals surface area (Å²) in [5.74, 6) is 0. The first-order chi connectivity index (χ1) is 9.63. The van der Waals surface area contributed by atoms with Crippen molar-refractivity contribution in [2.45, 2.75) is 64.1 Å². The van der Waals surface area contributed by atoms with Crippen molar-refractivity contribution in [3.8, 4) is 0 Å². The van der Waals surface area contributed by atoms with Gasteiger partial charge in [0.1, 0.15) is 5.01 Å². The second-order valence-corrected chi connectivity index (χ2v) is 7.65. The quantitative estimate of drug-likeness (QED) is 0.852. The summed E-state index contributed by atoms with van der Waals surface area (Å²) >= 11 is 1.80. The number of aromatic nitrogens is 1. The Morgan fingerprint density at radius 2 is 2.20 bits per heavy atom. The summed E-state index contributed by atoms with van der Waals surface area (Å²) in [7, 11) is 0. The number of piperidine rings is 1. The molecule has 0 bridgehead atoms. The molecule has 3 heterocycles. The third-order valence-corrected chi connectivity index (χ3v) is 6.27. The maximum absolute atomic E-state index is 4.60. The Kier molecular flexibility index (Phi) is 4.16. The van der Waals surface area contributed by atoms with Crippen LogP contribution in [0, 0.1) is 0 Å². The van der Waals surface area contributed by atoms with Gasteiger partial charge in [0.15, 0.2) is 0 Å². The molecule has 0 radical (unpaired) electrons. The summed E-state index contributed by atoms with van der Waals surface area (Å²) in [6, 6.07) is 1.44. The van der Waals surface area contributed by atoms with Gasteiger partial charge in [-0.1, -0.05) is 13.3 Å². The van der Waals surface area contributed by atoms with Gasteiger partial charge in [-0.05, 0) is 39.7 Å². The minimum Gasteiger partial charge on any atom is -0.298 e. The molecule has 2 aliphatic heterocycles. The number of hydrogen-bond donors (Lipinski definition) is 0. The van der Waals surface area contributed by atoms with Gasteiger partial charge in [0, 0.05) is 36.8 Å². The molecule has 2 fully saturated rings. The molecule has 0 aliphatic carbocycles. The SMILES string of the molecule is CCC1CN2CCCCC2CN1C(C)(C)c1nccs1. The molecule has 1 aromatic rings.